The van der Waals surface area contributed by atoms with Gasteiger partial charge in [-0.05, 0) is 43.6 Å². The average Bonchev–Trinajstić information content (AvgIpc) is 2.79. The first-order valence-corrected chi connectivity index (χ1v) is 11.4. The van der Waals surface area contributed by atoms with E-state index >= 15 is 0 Å². The molecule has 3 heterocycles. The number of hydrogen-bond acceptors (Lipinski definition) is 5. The number of aromatic nitrogens is 2. The molecule has 0 radical (unpaired) electrons. The van der Waals surface area contributed by atoms with Crippen molar-refractivity contribution in [2.24, 2.45) is 5.92 Å². The molecule has 0 bridgehead atoms. The van der Waals surface area contributed by atoms with Crippen LogP contribution in [0.5, 0.6) is 0 Å². The van der Waals surface area contributed by atoms with Gasteiger partial charge in [0.2, 0.25) is 5.91 Å². The van der Waals surface area contributed by atoms with Gasteiger partial charge >= 0.3 is 0 Å². The van der Waals surface area contributed by atoms with Crippen molar-refractivity contribution in [1.82, 2.24) is 14.9 Å². The number of H-pyrrole nitrogens is 1. The van der Waals surface area contributed by atoms with Crippen molar-refractivity contribution in [3.05, 3.63) is 20.8 Å². The second-order valence-corrected chi connectivity index (χ2v) is 9.53. The molecule has 2 aliphatic rings. The van der Waals surface area contributed by atoms with Gasteiger partial charge in [-0.2, -0.15) is 0 Å². The topological polar surface area (TPSA) is 66.1 Å². The minimum absolute atomic E-state index is 0.0493. The van der Waals surface area contributed by atoms with E-state index in [0.29, 0.717) is 16.8 Å². The molecule has 7 heteroatoms. The largest absolute Gasteiger partial charge is 0.342 e. The molecule has 1 amide bonds. The maximum Gasteiger partial charge on any atom is 0.260 e. The Bertz CT molecular complexity index is 866. The summed E-state index contributed by atoms with van der Waals surface area (Å²) in [6, 6.07) is 0. The van der Waals surface area contributed by atoms with Crippen molar-refractivity contribution in [3.8, 4) is 0 Å². The molecule has 0 saturated carbocycles. The van der Waals surface area contributed by atoms with Crippen LogP contribution in [0.15, 0.2) is 9.95 Å². The number of nitrogens with one attached hydrogen (secondary N) is 1. The normalized spacial score (nSPS) is 20.8. The molecule has 1 saturated heterocycles. The molecule has 2 aromatic rings. The molecule has 1 fully saturated rings. The fraction of sp³-hybridized carbons (Fsp3) is 0.632. The van der Waals surface area contributed by atoms with Crippen molar-refractivity contribution in [1.29, 1.82) is 0 Å². The average molecular weight is 392 g/mol. The lowest BCUT2D eigenvalue weighted by atomic mass is 9.89. The van der Waals surface area contributed by atoms with Gasteiger partial charge in [0.25, 0.3) is 5.56 Å². The molecule has 1 aliphatic heterocycles. The van der Waals surface area contributed by atoms with Gasteiger partial charge in [-0.3, -0.25) is 9.59 Å². The Morgan fingerprint density at radius 2 is 2.08 bits per heavy atom. The number of rotatable bonds is 3. The number of aryl methyl sites for hydroxylation is 1. The van der Waals surface area contributed by atoms with Crippen LogP contribution in [0.2, 0.25) is 0 Å². The summed E-state index contributed by atoms with van der Waals surface area (Å²) < 4.78 is 0. The van der Waals surface area contributed by atoms with E-state index < -0.39 is 0 Å². The number of likely N-dealkylation sites (tertiary alicyclic amines) is 1. The lowest BCUT2D eigenvalue weighted by Crippen LogP contribution is -2.33. The number of fused-ring (bicyclic) bond motifs is 3. The van der Waals surface area contributed by atoms with Crippen LogP contribution in [-0.2, 0) is 17.6 Å². The Morgan fingerprint density at radius 1 is 1.31 bits per heavy atom. The number of carbonyl (C=O) groups excluding carboxylic acids is 1. The van der Waals surface area contributed by atoms with Gasteiger partial charge in [-0.1, -0.05) is 31.5 Å². The van der Waals surface area contributed by atoms with Gasteiger partial charge in [0.1, 0.15) is 4.83 Å². The van der Waals surface area contributed by atoms with Gasteiger partial charge < -0.3 is 9.88 Å². The SMILES string of the molecule is CC1CCc2c(sc3nc(SCC(=O)N4CCCCCC4)[nH]c(=O)c23)C1. The Labute approximate surface area is 161 Å². The molecular weight excluding hydrogens is 366 g/mol. The highest BCUT2D eigenvalue weighted by Gasteiger charge is 2.23. The third-order valence-corrected chi connectivity index (χ3v) is 7.44. The number of hydrogen-bond donors (Lipinski definition) is 1. The van der Waals surface area contributed by atoms with E-state index in [9.17, 15) is 9.59 Å². The molecule has 26 heavy (non-hydrogen) atoms. The van der Waals surface area contributed by atoms with Crippen molar-refractivity contribution in [2.75, 3.05) is 18.8 Å². The Kier molecular flexibility index (Phi) is 5.36. The van der Waals surface area contributed by atoms with Crippen molar-refractivity contribution in [2.45, 2.75) is 57.0 Å². The van der Waals surface area contributed by atoms with E-state index in [1.807, 2.05) is 4.90 Å². The Hall–Kier alpha value is -1.34. The molecule has 1 unspecified atom stereocenters. The fourth-order valence-corrected chi connectivity index (χ4v) is 6.14. The van der Waals surface area contributed by atoms with E-state index in [2.05, 4.69) is 16.9 Å². The summed E-state index contributed by atoms with van der Waals surface area (Å²) in [5, 5.41) is 1.34. The molecule has 140 valence electrons. The highest BCUT2D eigenvalue weighted by molar-refractivity contribution is 7.99. The first-order chi connectivity index (χ1) is 12.6. The van der Waals surface area contributed by atoms with Crippen molar-refractivity contribution in [3.63, 3.8) is 0 Å². The van der Waals surface area contributed by atoms with Gasteiger partial charge in [-0.15, -0.1) is 11.3 Å². The van der Waals surface area contributed by atoms with Gasteiger partial charge in [-0.25, -0.2) is 4.98 Å². The van der Waals surface area contributed by atoms with E-state index in [1.165, 1.54) is 35.0 Å². The number of carbonyl (C=O) groups is 1. The Morgan fingerprint density at radius 3 is 2.85 bits per heavy atom. The van der Waals surface area contributed by atoms with Gasteiger partial charge in [0.15, 0.2) is 5.16 Å². The molecule has 1 aliphatic carbocycles. The molecule has 2 aromatic heterocycles. The summed E-state index contributed by atoms with van der Waals surface area (Å²) in [5.41, 5.74) is 1.15. The first-order valence-electron chi connectivity index (χ1n) is 9.57. The molecule has 0 aromatic carbocycles. The second kappa shape index (κ2) is 7.72. The maximum atomic E-state index is 12.6. The van der Waals surface area contributed by atoms with E-state index in [4.69, 9.17) is 0 Å². The molecular formula is C19H25N3O2S2. The van der Waals surface area contributed by atoms with Crippen molar-refractivity contribution < 1.29 is 4.79 Å². The molecule has 0 spiro atoms. The molecule has 4 rings (SSSR count). The number of aromatic amines is 1. The number of thioether (sulfide) groups is 1. The van der Waals surface area contributed by atoms with Crippen LogP contribution in [0.25, 0.3) is 10.2 Å². The quantitative estimate of drug-likeness (QED) is 0.641. The molecule has 1 atom stereocenters. The van der Waals surface area contributed by atoms with Crippen LogP contribution in [0, 0.1) is 5.92 Å². The predicted octanol–water partition coefficient (Wildman–Crippen LogP) is 3.60. The number of amides is 1. The van der Waals surface area contributed by atoms with Crippen LogP contribution in [-0.4, -0.2) is 39.6 Å². The lowest BCUT2D eigenvalue weighted by molar-refractivity contribution is -0.128. The van der Waals surface area contributed by atoms with E-state index in [0.717, 1.165) is 55.4 Å². The van der Waals surface area contributed by atoms with Crippen LogP contribution >= 0.6 is 23.1 Å². The first kappa shape index (κ1) is 18.0. The van der Waals surface area contributed by atoms with E-state index in [-0.39, 0.29) is 11.5 Å². The van der Waals surface area contributed by atoms with Crippen molar-refractivity contribution >= 4 is 39.2 Å². The zero-order valence-corrected chi connectivity index (χ0v) is 16.8. The Balaban J connectivity index is 1.50. The monoisotopic (exact) mass is 391 g/mol. The second-order valence-electron chi connectivity index (χ2n) is 7.49. The van der Waals surface area contributed by atoms with E-state index in [1.54, 1.807) is 11.3 Å². The molecule has 1 N–H and O–H groups in total. The highest BCUT2D eigenvalue weighted by Crippen LogP contribution is 2.36. The zero-order valence-electron chi connectivity index (χ0n) is 15.2. The minimum atomic E-state index is -0.0493. The van der Waals surface area contributed by atoms with Crippen LogP contribution < -0.4 is 5.56 Å². The summed E-state index contributed by atoms with van der Waals surface area (Å²) in [6.07, 6.45) is 7.77. The number of thiophene rings is 1. The highest BCUT2D eigenvalue weighted by atomic mass is 32.2. The van der Waals surface area contributed by atoms with Gasteiger partial charge in [0.05, 0.1) is 11.1 Å². The van der Waals surface area contributed by atoms with Crippen LogP contribution in [0.4, 0.5) is 0 Å². The summed E-state index contributed by atoms with van der Waals surface area (Å²) in [4.78, 5) is 36.7. The van der Waals surface area contributed by atoms with Crippen LogP contribution in [0.3, 0.4) is 0 Å². The standard InChI is InChI=1S/C19H25N3O2S2/c1-12-6-7-13-14(10-12)26-18-16(13)17(24)20-19(21-18)25-11-15(23)22-8-4-2-3-5-9-22/h12H,2-11H2,1H3,(H,20,21,24). The zero-order chi connectivity index (χ0) is 18.1. The van der Waals surface area contributed by atoms with Crippen LogP contribution in [0.1, 0.15) is 49.5 Å². The van der Waals surface area contributed by atoms with Gasteiger partial charge in [0, 0.05) is 18.0 Å². The molecule has 5 nitrogen and oxygen atoms in total. The summed E-state index contributed by atoms with van der Waals surface area (Å²) in [7, 11) is 0. The summed E-state index contributed by atoms with van der Waals surface area (Å²) >= 11 is 3.01. The summed E-state index contributed by atoms with van der Waals surface area (Å²) in [6.45, 7) is 3.98. The third-order valence-electron chi connectivity index (χ3n) is 5.43. The lowest BCUT2D eigenvalue weighted by Gasteiger charge is -2.19. The fourth-order valence-electron chi connectivity index (χ4n) is 3.94. The third kappa shape index (κ3) is 3.69. The smallest absolute Gasteiger partial charge is 0.260 e. The summed E-state index contributed by atoms with van der Waals surface area (Å²) in [5.74, 6) is 1.17. The maximum absolute atomic E-state index is 12.6. The number of nitrogens with zero attached hydrogens (tertiary/aromatic N) is 2. The minimum Gasteiger partial charge on any atom is -0.342 e. The predicted molar refractivity (Wildman–Crippen MR) is 107 cm³/mol.